The number of carbonyl (C=O) groups excluding carboxylic acids is 1. The van der Waals surface area contributed by atoms with Crippen LogP contribution in [-0.2, 0) is 20.0 Å². The summed E-state index contributed by atoms with van der Waals surface area (Å²) < 4.78 is 1.72. The average Bonchev–Trinajstić information content (AvgIpc) is 3.10. The van der Waals surface area contributed by atoms with E-state index in [4.69, 9.17) is 0 Å². The van der Waals surface area contributed by atoms with Crippen LogP contribution in [0.15, 0.2) is 18.5 Å². The summed E-state index contributed by atoms with van der Waals surface area (Å²) in [5.74, 6) is 0. The fraction of sp³-hybridized carbons (Fsp3) is 0.333. The SMILES string of the molecule is CCc1cnc(CNC(=O)Nc2cnc3c(c2)c(C)nn3C)s1. The summed E-state index contributed by atoms with van der Waals surface area (Å²) in [6, 6.07) is 1.60. The van der Waals surface area contributed by atoms with Crippen LogP contribution >= 0.6 is 11.3 Å². The van der Waals surface area contributed by atoms with Gasteiger partial charge in [-0.05, 0) is 19.4 Å². The van der Waals surface area contributed by atoms with Crippen molar-refractivity contribution in [1.82, 2.24) is 25.1 Å². The summed E-state index contributed by atoms with van der Waals surface area (Å²) in [5.41, 5.74) is 2.32. The van der Waals surface area contributed by atoms with Crippen LogP contribution in [0.4, 0.5) is 10.5 Å². The second kappa shape index (κ2) is 6.33. The number of pyridine rings is 1. The third-order valence-electron chi connectivity index (χ3n) is 3.47. The first-order valence-corrected chi connectivity index (χ1v) is 8.16. The Kier molecular flexibility index (Phi) is 4.24. The highest BCUT2D eigenvalue weighted by atomic mass is 32.1. The van der Waals surface area contributed by atoms with Gasteiger partial charge in [-0.3, -0.25) is 4.68 Å². The van der Waals surface area contributed by atoms with Gasteiger partial charge in [-0.25, -0.2) is 14.8 Å². The van der Waals surface area contributed by atoms with Gasteiger partial charge in [0.1, 0.15) is 5.01 Å². The predicted molar refractivity (Wildman–Crippen MR) is 90.6 cm³/mol. The summed E-state index contributed by atoms with van der Waals surface area (Å²) in [6.07, 6.45) is 4.43. The minimum Gasteiger partial charge on any atom is -0.331 e. The van der Waals surface area contributed by atoms with Gasteiger partial charge >= 0.3 is 6.03 Å². The highest BCUT2D eigenvalue weighted by Crippen LogP contribution is 2.19. The van der Waals surface area contributed by atoms with Gasteiger partial charge in [0.05, 0.1) is 24.1 Å². The number of hydrogen-bond acceptors (Lipinski definition) is 5. The van der Waals surface area contributed by atoms with E-state index in [0.29, 0.717) is 12.2 Å². The van der Waals surface area contributed by atoms with Crippen LogP contribution in [-0.4, -0.2) is 25.8 Å². The molecule has 3 heterocycles. The number of rotatable bonds is 4. The van der Waals surface area contributed by atoms with Gasteiger partial charge in [-0.15, -0.1) is 11.3 Å². The quantitative estimate of drug-likeness (QED) is 0.770. The summed E-state index contributed by atoms with van der Waals surface area (Å²) in [5, 5.41) is 11.7. The third-order valence-corrected chi connectivity index (χ3v) is 4.61. The molecular formula is C15H18N6OS. The maximum Gasteiger partial charge on any atom is 0.319 e. The van der Waals surface area contributed by atoms with Crippen molar-refractivity contribution in [1.29, 1.82) is 0 Å². The molecule has 0 radical (unpaired) electrons. The van der Waals surface area contributed by atoms with Crippen LogP contribution in [0.3, 0.4) is 0 Å². The Balaban J connectivity index is 1.64. The van der Waals surface area contributed by atoms with Crippen LogP contribution in [0.25, 0.3) is 11.0 Å². The maximum absolute atomic E-state index is 12.0. The van der Waals surface area contributed by atoms with E-state index in [1.165, 1.54) is 4.88 Å². The number of anilines is 1. The summed E-state index contributed by atoms with van der Waals surface area (Å²) in [7, 11) is 1.85. The van der Waals surface area contributed by atoms with E-state index < -0.39 is 0 Å². The largest absolute Gasteiger partial charge is 0.331 e. The normalized spacial score (nSPS) is 10.9. The second-order valence-electron chi connectivity index (χ2n) is 5.19. The monoisotopic (exact) mass is 330 g/mol. The van der Waals surface area contributed by atoms with E-state index in [1.807, 2.05) is 26.2 Å². The Morgan fingerprint density at radius 1 is 1.35 bits per heavy atom. The molecule has 0 bridgehead atoms. The van der Waals surface area contributed by atoms with Crippen molar-refractivity contribution in [2.24, 2.45) is 7.05 Å². The lowest BCUT2D eigenvalue weighted by Gasteiger charge is -2.06. The van der Waals surface area contributed by atoms with E-state index >= 15 is 0 Å². The van der Waals surface area contributed by atoms with Crippen molar-refractivity contribution in [3.05, 3.63) is 34.0 Å². The van der Waals surface area contributed by atoms with Crippen molar-refractivity contribution >= 4 is 34.1 Å². The number of thiazole rings is 1. The highest BCUT2D eigenvalue weighted by molar-refractivity contribution is 7.11. The molecule has 0 atom stereocenters. The first kappa shape index (κ1) is 15.4. The van der Waals surface area contributed by atoms with E-state index in [0.717, 1.165) is 28.2 Å². The number of aromatic nitrogens is 4. The van der Waals surface area contributed by atoms with Crippen LogP contribution in [0.1, 0.15) is 22.5 Å². The molecule has 7 nitrogen and oxygen atoms in total. The Hall–Kier alpha value is -2.48. The van der Waals surface area contributed by atoms with Gasteiger partial charge in [0.2, 0.25) is 0 Å². The number of fused-ring (bicyclic) bond motifs is 1. The zero-order chi connectivity index (χ0) is 16.4. The Bertz CT molecular complexity index is 853. The van der Waals surface area contributed by atoms with Crippen molar-refractivity contribution in [2.75, 3.05) is 5.32 Å². The number of amides is 2. The molecule has 3 aromatic heterocycles. The van der Waals surface area contributed by atoms with Gasteiger partial charge in [0, 0.05) is 23.5 Å². The zero-order valence-corrected chi connectivity index (χ0v) is 14.1. The lowest BCUT2D eigenvalue weighted by molar-refractivity contribution is 0.251. The Morgan fingerprint density at radius 3 is 2.91 bits per heavy atom. The topological polar surface area (TPSA) is 84.7 Å². The van der Waals surface area contributed by atoms with Crippen molar-refractivity contribution < 1.29 is 4.79 Å². The molecule has 8 heteroatoms. The zero-order valence-electron chi connectivity index (χ0n) is 13.3. The molecule has 0 aromatic carbocycles. The fourth-order valence-electron chi connectivity index (χ4n) is 2.30. The van der Waals surface area contributed by atoms with Gasteiger partial charge < -0.3 is 10.6 Å². The molecule has 0 aliphatic carbocycles. The standard InChI is InChI=1S/C15H18N6OS/c1-4-11-7-16-13(23-11)8-18-15(22)19-10-5-12-9(2)20-21(3)14(12)17-6-10/h5-7H,4,8H2,1-3H3,(H2,18,19,22). The number of nitrogens with zero attached hydrogens (tertiary/aromatic N) is 4. The van der Waals surface area contributed by atoms with Gasteiger partial charge in [0.25, 0.3) is 0 Å². The lowest BCUT2D eigenvalue weighted by Crippen LogP contribution is -2.28. The molecule has 3 aromatic rings. The van der Waals surface area contributed by atoms with Crippen molar-refractivity contribution in [3.63, 3.8) is 0 Å². The van der Waals surface area contributed by atoms with Gasteiger partial charge in [0.15, 0.2) is 5.65 Å². The summed E-state index contributed by atoms with van der Waals surface area (Å²) >= 11 is 1.61. The first-order valence-electron chi connectivity index (χ1n) is 7.34. The molecule has 0 saturated carbocycles. The molecule has 0 aliphatic heterocycles. The second-order valence-corrected chi connectivity index (χ2v) is 6.39. The molecule has 0 unspecified atom stereocenters. The maximum atomic E-state index is 12.0. The molecule has 120 valence electrons. The Labute approximate surface area is 137 Å². The van der Waals surface area contributed by atoms with Crippen LogP contribution in [0.5, 0.6) is 0 Å². The third kappa shape index (κ3) is 3.31. The van der Waals surface area contributed by atoms with E-state index in [-0.39, 0.29) is 6.03 Å². The minimum absolute atomic E-state index is 0.277. The molecule has 2 amide bonds. The molecule has 3 rings (SSSR count). The summed E-state index contributed by atoms with van der Waals surface area (Å²) in [4.78, 5) is 21.8. The lowest BCUT2D eigenvalue weighted by atomic mass is 10.2. The molecule has 23 heavy (non-hydrogen) atoms. The molecule has 0 saturated heterocycles. The molecule has 0 aliphatic rings. The molecule has 0 fully saturated rings. The first-order chi connectivity index (χ1) is 11.1. The average molecular weight is 330 g/mol. The van der Waals surface area contributed by atoms with E-state index in [9.17, 15) is 4.79 Å². The number of carbonyl (C=O) groups is 1. The minimum atomic E-state index is -0.277. The Morgan fingerprint density at radius 2 is 2.17 bits per heavy atom. The molecule has 2 N–H and O–H groups in total. The highest BCUT2D eigenvalue weighted by Gasteiger charge is 2.09. The summed E-state index contributed by atoms with van der Waals surface area (Å²) in [6.45, 7) is 4.42. The number of hydrogen-bond donors (Lipinski definition) is 2. The van der Waals surface area contributed by atoms with Crippen LogP contribution < -0.4 is 10.6 Å². The number of aryl methyl sites for hydroxylation is 3. The van der Waals surface area contributed by atoms with E-state index in [2.05, 4.69) is 32.6 Å². The van der Waals surface area contributed by atoms with Crippen molar-refractivity contribution in [2.45, 2.75) is 26.8 Å². The van der Waals surface area contributed by atoms with Crippen LogP contribution in [0, 0.1) is 6.92 Å². The fourth-order valence-corrected chi connectivity index (χ4v) is 3.10. The van der Waals surface area contributed by atoms with Crippen molar-refractivity contribution in [3.8, 4) is 0 Å². The molecule has 0 spiro atoms. The van der Waals surface area contributed by atoms with Gasteiger partial charge in [-0.1, -0.05) is 6.92 Å². The predicted octanol–water partition coefficient (Wildman–Crippen LogP) is 2.62. The van der Waals surface area contributed by atoms with Crippen LogP contribution in [0.2, 0.25) is 0 Å². The smallest absolute Gasteiger partial charge is 0.319 e. The van der Waals surface area contributed by atoms with Gasteiger partial charge in [-0.2, -0.15) is 5.10 Å². The number of urea groups is 1. The van der Waals surface area contributed by atoms with E-state index in [1.54, 1.807) is 22.2 Å². The molecular weight excluding hydrogens is 312 g/mol. The number of nitrogens with one attached hydrogen (secondary N) is 2.